The van der Waals surface area contributed by atoms with Crippen molar-refractivity contribution in [1.82, 2.24) is 0 Å². The molecule has 0 spiro atoms. The molecular weight excluding hydrogens is 164 g/mol. The second-order valence-electron chi connectivity index (χ2n) is 2.96. The molecule has 74 valence electrons. The Kier molecular flexibility index (Phi) is 3.58. The summed E-state index contributed by atoms with van der Waals surface area (Å²) in [5, 5.41) is 34.6. The molecule has 0 rings (SSSR count). The monoisotopic (exact) mass is 180 g/mol. The first kappa shape index (κ1) is 11.8. The molecular formula is C6H16N2O4. The van der Waals surface area contributed by atoms with Gasteiger partial charge < -0.3 is 31.9 Å². The number of aliphatic hydroxyl groups excluding tert-OH is 1. The van der Waals surface area contributed by atoms with Crippen LogP contribution in [-0.4, -0.2) is 38.2 Å². The normalized spacial score (nSPS) is 16.2. The van der Waals surface area contributed by atoms with E-state index >= 15 is 0 Å². The van der Waals surface area contributed by atoms with E-state index in [4.69, 9.17) is 26.8 Å². The summed E-state index contributed by atoms with van der Waals surface area (Å²) in [4.78, 5) is 0. The molecule has 1 unspecified atom stereocenters. The third-order valence-electron chi connectivity index (χ3n) is 1.70. The molecule has 0 aliphatic carbocycles. The minimum absolute atomic E-state index is 0.254. The fourth-order valence-electron chi connectivity index (χ4n) is 0.685. The van der Waals surface area contributed by atoms with Crippen LogP contribution in [-0.2, 0) is 0 Å². The quantitative estimate of drug-likeness (QED) is 0.263. The average Bonchev–Trinajstić information content (AvgIpc) is 1.84. The highest BCUT2D eigenvalue weighted by molar-refractivity contribution is 4.84. The van der Waals surface area contributed by atoms with Crippen molar-refractivity contribution >= 4 is 0 Å². The van der Waals surface area contributed by atoms with Gasteiger partial charge in [-0.25, -0.2) is 0 Å². The van der Waals surface area contributed by atoms with Crippen molar-refractivity contribution in [2.24, 2.45) is 11.5 Å². The molecule has 0 aliphatic rings. The maximum absolute atomic E-state index is 9.18. The lowest BCUT2D eigenvalue weighted by Crippen LogP contribution is -2.60. The summed E-state index contributed by atoms with van der Waals surface area (Å²) < 4.78 is 0. The Labute approximate surface area is 70.4 Å². The van der Waals surface area contributed by atoms with Crippen molar-refractivity contribution in [3.63, 3.8) is 0 Å². The molecule has 6 nitrogen and oxygen atoms in total. The largest absolute Gasteiger partial charge is 0.389 e. The Morgan fingerprint density at radius 1 is 1.25 bits per heavy atom. The molecule has 8 N–H and O–H groups in total. The predicted octanol–water partition coefficient (Wildman–Crippen LogP) is -2.61. The lowest BCUT2D eigenvalue weighted by Gasteiger charge is -2.31. The van der Waals surface area contributed by atoms with E-state index in [1.165, 1.54) is 0 Å². The van der Waals surface area contributed by atoms with Crippen LogP contribution in [0.5, 0.6) is 0 Å². The molecule has 0 saturated heterocycles. The molecule has 6 heteroatoms. The van der Waals surface area contributed by atoms with Gasteiger partial charge in [0.25, 0.3) is 5.97 Å². The van der Waals surface area contributed by atoms with Gasteiger partial charge in [-0.1, -0.05) is 6.92 Å². The molecule has 0 saturated carbocycles. The van der Waals surface area contributed by atoms with Crippen LogP contribution < -0.4 is 11.5 Å². The van der Waals surface area contributed by atoms with E-state index in [1.54, 1.807) is 6.92 Å². The zero-order valence-electron chi connectivity index (χ0n) is 6.94. The van der Waals surface area contributed by atoms with Crippen molar-refractivity contribution in [3.8, 4) is 0 Å². The minimum Gasteiger partial charge on any atom is -0.389 e. The van der Waals surface area contributed by atoms with Gasteiger partial charge in [-0.3, -0.25) is 0 Å². The van der Waals surface area contributed by atoms with Gasteiger partial charge in [-0.05, 0) is 6.42 Å². The highest BCUT2D eigenvalue weighted by Crippen LogP contribution is 2.13. The zero-order valence-corrected chi connectivity index (χ0v) is 6.94. The fraction of sp³-hybridized carbons (Fsp3) is 1.00. The third kappa shape index (κ3) is 3.96. The molecule has 0 aromatic rings. The van der Waals surface area contributed by atoms with E-state index in [0.717, 1.165) is 0 Å². The summed E-state index contributed by atoms with van der Waals surface area (Å²) in [5.74, 6) is -2.93. The summed E-state index contributed by atoms with van der Waals surface area (Å²) >= 11 is 0. The number of aliphatic hydroxyl groups is 4. The molecule has 0 heterocycles. The van der Waals surface area contributed by atoms with Crippen molar-refractivity contribution in [2.75, 3.05) is 0 Å². The SMILES string of the molecule is CCC(N)(N)C(O)CC(O)(O)O. The van der Waals surface area contributed by atoms with Crippen LogP contribution >= 0.6 is 0 Å². The van der Waals surface area contributed by atoms with Gasteiger partial charge in [-0.15, -0.1) is 0 Å². The van der Waals surface area contributed by atoms with Crippen LogP contribution in [0, 0.1) is 0 Å². The van der Waals surface area contributed by atoms with Crippen LogP contribution in [0.2, 0.25) is 0 Å². The van der Waals surface area contributed by atoms with Crippen LogP contribution in [0.1, 0.15) is 19.8 Å². The van der Waals surface area contributed by atoms with Crippen molar-refractivity contribution < 1.29 is 20.4 Å². The molecule has 1 atom stereocenters. The Bertz CT molecular complexity index is 143. The van der Waals surface area contributed by atoms with E-state index in [1.807, 2.05) is 0 Å². The first-order chi connectivity index (χ1) is 5.19. The predicted molar refractivity (Wildman–Crippen MR) is 41.4 cm³/mol. The van der Waals surface area contributed by atoms with Gasteiger partial charge in [-0.2, -0.15) is 0 Å². The smallest absolute Gasteiger partial charge is 0.277 e. The van der Waals surface area contributed by atoms with E-state index in [0.29, 0.717) is 0 Å². The third-order valence-corrected chi connectivity index (χ3v) is 1.70. The summed E-state index contributed by atoms with van der Waals surface area (Å²) in [6, 6.07) is 0. The second kappa shape index (κ2) is 3.65. The maximum Gasteiger partial charge on any atom is 0.277 e. The van der Waals surface area contributed by atoms with Crippen molar-refractivity contribution in [2.45, 2.75) is 37.5 Å². The number of rotatable bonds is 4. The molecule has 0 amide bonds. The molecule has 0 fully saturated rings. The van der Waals surface area contributed by atoms with Crippen LogP contribution in [0.3, 0.4) is 0 Å². The molecule has 12 heavy (non-hydrogen) atoms. The first-order valence-corrected chi connectivity index (χ1v) is 3.62. The van der Waals surface area contributed by atoms with Crippen LogP contribution in [0.4, 0.5) is 0 Å². The van der Waals surface area contributed by atoms with Gasteiger partial charge in [0.15, 0.2) is 0 Å². The summed E-state index contributed by atoms with van der Waals surface area (Å²) in [6.07, 6.45) is -1.82. The fourth-order valence-corrected chi connectivity index (χ4v) is 0.685. The topological polar surface area (TPSA) is 133 Å². The first-order valence-electron chi connectivity index (χ1n) is 3.62. The Balaban J connectivity index is 4.13. The molecule has 0 aliphatic heterocycles. The summed E-state index contributed by atoms with van der Waals surface area (Å²) in [5.41, 5.74) is 9.31. The number of nitrogens with two attached hydrogens (primary N) is 2. The van der Waals surface area contributed by atoms with Gasteiger partial charge in [0, 0.05) is 0 Å². The van der Waals surface area contributed by atoms with Gasteiger partial charge in [0.05, 0.1) is 18.2 Å². The minimum atomic E-state index is -2.93. The van der Waals surface area contributed by atoms with Crippen molar-refractivity contribution in [3.05, 3.63) is 0 Å². The maximum atomic E-state index is 9.18. The highest BCUT2D eigenvalue weighted by Gasteiger charge is 2.34. The van der Waals surface area contributed by atoms with Crippen molar-refractivity contribution in [1.29, 1.82) is 0 Å². The molecule has 0 aromatic heterocycles. The lowest BCUT2D eigenvalue weighted by atomic mass is 9.98. The van der Waals surface area contributed by atoms with E-state index in [2.05, 4.69) is 0 Å². The van der Waals surface area contributed by atoms with E-state index < -0.39 is 24.2 Å². The average molecular weight is 180 g/mol. The lowest BCUT2D eigenvalue weighted by molar-refractivity contribution is -0.324. The van der Waals surface area contributed by atoms with E-state index in [9.17, 15) is 5.11 Å². The molecule has 0 aromatic carbocycles. The van der Waals surface area contributed by atoms with Crippen LogP contribution in [0.15, 0.2) is 0 Å². The molecule has 0 bridgehead atoms. The Morgan fingerprint density at radius 3 is 1.92 bits per heavy atom. The summed E-state index contributed by atoms with van der Waals surface area (Å²) in [6.45, 7) is 1.64. The van der Waals surface area contributed by atoms with E-state index in [-0.39, 0.29) is 6.42 Å². The summed E-state index contributed by atoms with van der Waals surface area (Å²) in [7, 11) is 0. The Morgan fingerprint density at radius 2 is 1.67 bits per heavy atom. The highest BCUT2D eigenvalue weighted by atomic mass is 16.7. The standard InChI is InChI=1S/C6H16N2O4/c1-2-5(7,8)4(9)3-6(10,11)12/h4,9-12H,2-3,7-8H2,1H3. The van der Waals surface area contributed by atoms with Gasteiger partial charge in [0.2, 0.25) is 0 Å². The zero-order chi connectivity index (χ0) is 9.99. The van der Waals surface area contributed by atoms with Gasteiger partial charge >= 0.3 is 0 Å². The van der Waals surface area contributed by atoms with Crippen LogP contribution in [0.25, 0.3) is 0 Å². The number of hydrogen-bond donors (Lipinski definition) is 6. The second-order valence-corrected chi connectivity index (χ2v) is 2.96. The van der Waals surface area contributed by atoms with Gasteiger partial charge in [0.1, 0.15) is 0 Å². The molecule has 0 radical (unpaired) electrons. The Hall–Kier alpha value is -0.240. The number of hydrogen-bond acceptors (Lipinski definition) is 6.